The molecule has 0 radical (unpaired) electrons. The van der Waals surface area contributed by atoms with Crippen LogP contribution in [0.1, 0.15) is 48.9 Å². The summed E-state index contributed by atoms with van der Waals surface area (Å²) in [6.45, 7) is 0. The highest BCUT2D eigenvalue weighted by Gasteiger charge is 2.35. The predicted molar refractivity (Wildman–Crippen MR) is 78.1 cm³/mol. The number of hydrogen-bond acceptors (Lipinski definition) is 4. The molecule has 1 aromatic heterocycles. The Morgan fingerprint density at radius 3 is 2.54 bits per heavy atom. The van der Waals surface area contributed by atoms with Crippen LogP contribution in [0.15, 0.2) is 24.4 Å². The average Bonchev–Trinajstić information content (AvgIpc) is 3.05. The van der Waals surface area contributed by atoms with E-state index in [1.54, 1.807) is 0 Å². The Bertz CT molecular complexity index is 785. The second kappa shape index (κ2) is 5.91. The third-order valence-corrected chi connectivity index (χ3v) is 4.34. The smallest absolute Gasteiger partial charge is 0.383 e. The lowest BCUT2D eigenvalue weighted by molar-refractivity contribution is -0.137. The molecule has 1 heterocycles. The first-order valence-electron chi connectivity index (χ1n) is 7.60. The number of nitriles is 1. The summed E-state index contributed by atoms with van der Waals surface area (Å²) in [5.41, 5.74) is -2.04. The molecule has 1 saturated carbocycles. The highest BCUT2D eigenvalue weighted by molar-refractivity contribution is 5.47. The van der Waals surface area contributed by atoms with Gasteiger partial charge >= 0.3 is 6.18 Å². The second-order valence-corrected chi connectivity index (χ2v) is 5.98. The first kappa shape index (κ1) is 16.5. The molecule has 1 aliphatic carbocycles. The quantitative estimate of drug-likeness (QED) is 0.913. The molecule has 2 aromatic rings. The van der Waals surface area contributed by atoms with Crippen LogP contribution in [-0.4, -0.2) is 20.1 Å². The first-order valence-corrected chi connectivity index (χ1v) is 7.60. The summed E-state index contributed by atoms with van der Waals surface area (Å²) < 4.78 is 40.3. The zero-order chi connectivity index (χ0) is 17.4. The fourth-order valence-electron chi connectivity index (χ4n) is 3.00. The SMILES string of the molecule is N#Cc1ccc(-n2cc(C3(O)CCCCC3)nn2)cc1C(F)(F)F. The fourth-order valence-corrected chi connectivity index (χ4v) is 3.00. The molecular formula is C16H15F3N4O. The van der Waals surface area contributed by atoms with Crippen molar-refractivity contribution in [1.82, 2.24) is 15.0 Å². The zero-order valence-corrected chi connectivity index (χ0v) is 12.7. The largest absolute Gasteiger partial charge is 0.417 e. The molecule has 0 amide bonds. The van der Waals surface area contributed by atoms with E-state index >= 15 is 0 Å². The Balaban J connectivity index is 1.97. The van der Waals surface area contributed by atoms with Crippen molar-refractivity contribution in [3.05, 3.63) is 41.2 Å². The van der Waals surface area contributed by atoms with E-state index in [-0.39, 0.29) is 5.69 Å². The fraction of sp³-hybridized carbons (Fsp3) is 0.438. The van der Waals surface area contributed by atoms with Crippen molar-refractivity contribution < 1.29 is 18.3 Å². The van der Waals surface area contributed by atoms with Crippen molar-refractivity contribution in [1.29, 1.82) is 5.26 Å². The summed E-state index contributed by atoms with van der Waals surface area (Å²) in [4.78, 5) is 0. The Morgan fingerprint density at radius 2 is 1.92 bits per heavy atom. The molecule has 0 spiro atoms. The van der Waals surface area contributed by atoms with Crippen LogP contribution < -0.4 is 0 Å². The third-order valence-electron chi connectivity index (χ3n) is 4.34. The Hall–Kier alpha value is -2.40. The van der Waals surface area contributed by atoms with E-state index in [0.717, 1.165) is 31.4 Å². The van der Waals surface area contributed by atoms with Crippen LogP contribution in [0, 0.1) is 11.3 Å². The lowest BCUT2D eigenvalue weighted by Crippen LogP contribution is -2.28. The van der Waals surface area contributed by atoms with Crippen molar-refractivity contribution in [3.8, 4) is 11.8 Å². The molecular weight excluding hydrogens is 321 g/mol. The molecule has 1 N–H and O–H groups in total. The summed E-state index contributed by atoms with van der Waals surface area (Å²) in [5, 5.41) is 27.2. The first-order chi connectivity index (χ1) is 11.3. The number of rotatable bonds is 2. The van der Waals surface area contributed by atoms with Gasteiger partial charge in [-0.3, -0.25) is 0 Å². The van der Waals surface area contributed by atoms with Crippen LogP contribution in [0.5, 0.6) is 0 Å². The van der Waals surface area contributed by atoms with Gasteiger partial charge in [-0.25, -0.2) is 4.68 Å². The van der Waals surface area contributed by atoms with Crippen molar-refractivity contribution >= 4 is 0 Å². The van der Waals surface area contributed by atoms with Gasteiger partial charge in [-0.15, -0.1) is 5.10 Å². The minimum atomic E-state index is -4.63. The predicted octanol–water partition coefficient (Wildman–Crippen LogP) is 3.31. The number of aliphatic hydroxyl groups is 1. The molecule has 0 aliphatic heterocycles. The van der Waals surface area contributed by atoms with Gasteiger partial charge in [0.05, 0.1) is 29.1 Å². The second-order valence-electron chi connectivity index (χ2n) is 5.98. The molecule has 0 bridgehead atoms. The van der Waals surface area contributed by atoms with E-state index in [2.05, 4.69) is 10.3 Å². The van der Waals surface area contributed by atoms with Gasteiger partial charge < -0.3 is 5.11 Å². The minimum absolute atomic E-state index is 0.138. The van der Waals surface area contributed by atoms with Crippen LogP contribution in [0.2, 0.25) is 0 Å². The minimum Gasteiger partial charge on any atom is -0.383 e. The normalized spacial score (nSPS) is 17.5. The van der Waals surface area contributed by atoms with Gasteiger partial charge in [0.1, 0.15) is 11.3 Å². The van der Waals surface area contributed by atoms with Crippen molar-refractivity contribution in [2.45, 2.75) is 43.9 Å². The van der Waals surface area contributed by atoms with E-state index in [1.807, 2.05) is 0 Å². The van der Waals surface area contributed by atoms with Gasteiger partial charge in [0.15, 0.2) is 0 Å². The molecule has 5 nitrogen and oxygen atoms in total. The number of halogens is 3. The van der Waals surface area contributed by atoms with Gasteiger partial charge in [0.25, 0.3) is 0 Å². The van der Waals surface area contributed by atoms with Gasteiger partial charge in [-0.1, -0.05) is 24.5 Å². The molecule has 8 heteroatoms. The summed E-state index contributed by atoms with van der Waals surface area (Å²) in [5.74, 6) is 0. The highest BCUT2D eigenvalue weighted by Crippen LogP contribution is 2.36. The molecule has 0 atom stereocenters. The number of benzene rings is 1. The maximum Gasteiger partial charge on any atom is 0.417 e. The maximum absolute atomic E-state index is 13.1. The summed E-state index contributed by atoms with van der Waals surface area (Å²) in [6.07, 6.45) is 0.733. The lowest BCUT2D eigenvalue weighted by atomic mass is 9.83. The van der Waals surface area contributed by atoms with E-state index in [4.69, 9.17) is 5.26 Å². The third kappa shape index (κ3) is 2.99. The van der Waals surface area contributed by atoms with Crippen LogP contribution >= 0.6 is 0 Å². The van der Waals surface area contributed by atoms with Gasteiger partial charge in [0.2, 0.25) is 0 Å². The Morgan fingerprint density at radius 1 is 1.21 bits per heavy atom. The number of nitrogens with zero attached hydrogens (tertiary/aromatic N) is 4. The van der Waals surface area contributed by atoms with E-state index in [0.29, 0.717) is 18.5 Å². The lowest BCUT2D eigenvalue weighted by Gasteiger charge is -2.29. The average molecular weight is 336 g/mol. The summed E-state index contributed by atoms with van der Waals surface area (Å²) in [7, 11) is 0. The van der Waals surface area contributed by atoms with E-state index < -0.39 is 22.9 Å². The Kier molecular flexibility index (Phi) is 4.05. The van der Waals surface area contributed by atoms with Crippen LogP contribution in [0.25, 0.3) is 5.69 Å². The zero-order valence-electron chi connectivity index (χ0n) is 12.7. The molecule has 0 saturated heterocycles. The molecule has 1 aromatic carbocycles. The van der Waals surface area contributed by atoms with E-state index in [1.165, 1.54) is 23.0 Å². The molecule has 0 unspecified atom stereocenters. The molecule has 1 fully saturated rings. The van der Waals surface area contributed by atoms with Gasteiger partial charge in [0, 0.05) is 0 Å². The molecule has 126 valence electrons. The summed E-state index contributed by atoms with van der Waals surface area (Å²) >= 11 is 0. The molecule has 24 heavy (non-hydrogen) atoms. The number of alkyl halides is 3. The monoisotopic (exact) mass is 336 g/mol. The van der Waals surface area contributed by atoms with Gasteiger partial charge in [-0.05, 0) is 31.0 Å². The van der Waals surface area contributed by atoms with Crippen molar-refractivity contribution in [2.24, 2.45) is 0 Å². The van der Waals surface area contributed by atoms with Gasteiger partial charge in [-0.2, -0.15) is 18.4 Å². The van der Waals surface area contributed by atoms with Crippen molar-refractivity contribution in [3.63, 3.8) is 0 Å². The van der Waals surface area contributed by atoms with Crippen LogP contribution in [0.3, 0.4) is 0 Å². The number of aromatic nitrogens is 3. The topological polar surface area (TPSA) is 74.7 Å². The van der Waals surface area contributed by atoms with Crippen molar-refractivity contribution in [2.75, 3.05) is 0 Å². The standard InChI is InChI=1S/C16H15F3N4O/c17-16(18,19)13-8-12(5-4-11(13)9-20)23-10-14(21-22-23)15(24)6-2-1-3-7-15/h4-5,8,10,24H,1-3,6-7H2. The molecule has 1 aliphatic rings. The maximum atomic E-state index is 13.1. The summed E-state index contributed by atoms with van der Waals surface area (Å²) in [6, 6.07) is 4.88. The number of hydrogen-bond donors (Lipinski definition) is 1. The van der Waals surface area contributed by atoms with Crippen LogP contribution in [0.4, 0.5) is 13.2 Å². The highest BCUT2D eigenvalue weighted by atomic mass is 19.4. The van der Waals surface area contributed by atoms with Crippen LogP contribution in [-0.2, 0) is 11.8 Å². The van der Waals surface area contributed by atoms with E-state index in [9.17, 15) is 18.3 Å². The Labute approximate surface area is 136 Å². The molecule has 3 rings (SSSR count).